The molecule has 0 radical (unpaired) electrons. The standard InChI is InChI=1S/C20H17ClFN5O2S/c21-15-5-7-23-19-13(15)3-4-16(18(19)22)26-8-10-27(11-9-26)30(28,29)17-12-25-20-14(17)2-1-6-24-20/h1-7,12H,8-11H2,(H,24,25). The van der Waals surface area contributed by atoms with Crippen molar-refractivity contribution < 1.29 is 12.8 Å². The first-order valence-electron chi connectivity index (χ1n) is 9.37. The number of piperazine rings is 1. The molecule has 1 aliphatic heterocycles. The maximum Gasteiger partial charge on any atom is 0.245 e. The third-order valence-corrected chi connectivity index (χ3v) is 7.66. The lowest BCUT2D eigenvalue weighted by Crippen LogP contribution is -2.48. The van der Waals surface area contributed by atoms with Gasteiger partial charge >= 0.3 is 0 Å². The molecular weight excluding hydrogens is 429 g/mol. The predicted octanol–water partition coefficient (Wildman–Crippen LogP) is 3.41. The van der Waals surface area contributed by atoms with Crippen LogP contribution in [0.1, 0.15) is 0 Å². The number of aromatic nitrogens is 3. The van der Waals surface area contributed by atoms with Gasteiger partial charge in [0.05, 0.1) is 10.7 Å². The monoisotopic (exact) mass is 445 g/mol. The molecule has 0 unspecified atom stereocenters. The number of fused-ring (bicyclic) bond motifs is 2. The highest BCUT2D eigenvalue weighted by atomic mass is 35.5. The van der Waals surface area contributed by atoms with Crippen LogP contribution in [-0.4, -0.2) is 53.9 Å². The molecule has 1 fully saturated rings. The summed E-state index contributed by atoms with van der Waals surface area (Å²) in [5, 5.41) is 1.55. The number of hydrogen-bond acceptors (Lipinski definition) is 5. The van der Waals surface area contributed by atoms with E-state index >= 15 is 4.39 Å². The number of nitrogens with zero attached hydrogens (tertiary/aromatic N) is 4. The molecule has 7 nitrogen and oxygen atoms in total. The number of benzene rings is 1. The van der Waals surface area contributed by atoms with E-state index in [4.69, 9.17) is 11.6 Å². The lowest BCUT2D eigenvalue weighted by atomic mass is 10.1. The summed E-state index contributed by atoms with van der Waals surface area (Å²) in [5.74, 6) is -0.450. The van der Waals surface area contributed by atoms with E-state index in [1.807, 2.05) is 4.90 Å². The molecule has 1 saturated heterocycles. The van der Waals surface area contributed by atoms with Gasteiger partial charge in [0.1, 0.15) is 16.1 Å². The number of H-pyrrole nitrogens is 1. The van der Waals surface area contributed by atoms with Gasteiger partial charge in [-0.1, -0.05) is 11.6 Å². The first kappa shape index (κ1) is 19.2. The maximum absolute atomic E-state index is 15.1. The van der Waals surface area contributed by atoms with Crippen LogP contribution in [0.15, 0.2) is 53.8 Å². The number of pyridine rings is 2. The van der Waals surface area contributed by atoms with E-state index in [-0.39, 0.29) is 23.5 Å². The van der Waals surface area contributed by atoms with Crippen LogP contribution >= 0.6 is 11.6 Å². The number of hydrogen-bond donors (Lipinski definition) is 1. The molecule has 3 aromatic heterocycles. The molecule has 0 bridgehead atoms. The van der Waals surface area contributed by atoms with Crippen molar-refractivity contribution in [2.45, 2.75) is 4.90 Å². The fourth-order valence-electron chi connectivity index (χ4n) is 3.84. The number of anilines is 1. The van der Waals surface area contributed by atoms with E-state index in [1.54, 1.807) is 36.5 Å². The molecule has 0 amide bonds. The van der Waals surface area contributed by atoms with Crippen LogP contribution in [0, 0.1) is 5.82 Å². The predicted molar refractivity (Wildman–Crippen MR) is 114 cm³/mol. The van der Waals surface area contributed by atoms with Crippen molar-refractivity contribution in [1.82, 2.24) is 19.3 Å². The highest BCUT2D eigenvalue weighted by Gasteiger charge is 2.31. The summed E-state index contributed by atoms with van der Waals surface area (Å²) in [5.41, 5.74) is 1.13. The van der Waals surface area contributed by atoms with Crippen molar-refractivity contribution in [1.29, 1.82) is 0 Å². The Morgan fingerprint density at radius 1 is 1.00 bits per heavy atom. The largest absolute Gasteiger partial charge is 0.366 e. The van der Waals surface area contributed by atoms with Crippen molar-refractivity contribution in [2.24, 2.45) is 0 Å². The van der Waals surface area contributed by atoms with Gasteiger partial charge in [-0.3, -0.25) is 4.98 Å². The lowest BCUT2D eigenvalue weighted by molar-refractivity contribution is 0.383. The Balaban J connectivity index is 1.40. The highest BCUT2D eigenvalue weighted by molar-refractivity contribution is 7.89. The Hall–Kier alpha value is -2.75. The number of halogens is 2. The van der Waals surface area contributed by atoms with Crippen LogP contribution < -0.4 is 4.90 Å². The SMILES string of the molecule is O=S(=O)(c1c[nH]c2ncccc12)N1CCN(c2ccc3c(Cl)ccnc3c2F)CC1. The van der Waals surface area contributed by atoms with Crippen LogP contribution in [0.3, 0.4) is 0 Å². The summed E-state index contributed by atoms with van der Waals surface area (Å²) in [7, 11) is -3.69. The lowest BCUT2D eigenvalue weighted by Gasteiger charge is -2.35. The Bertz CT molecular complexity index is 1370. The van der Waals surface area contributed by atoms with E-state index in [0.717, 1.165) is 0 Å². The molecule has 4 heterocycles. The van der Waals surface area contributed by atoms with Gasteiger partial charge in [0, 0.05) is 55.5 Å². The van der Waals surface area contributed by atoms with Crippen LogP contribution in [0.5, 0.6) is 0 Å². The van der Waals surface area contributed by atoms with Gasteiger partial charge in [-0.25, -0.2) is 17.8 Å². The summed E-state index contributed by atoms with van der Waals surface area (Å²) in [4.78, 5) is 13.2. The molecule has 0 aliphatic carbocycles. The smallest absolute Gasteiger partial charge is 0.245 e. The van der Waals surface area contributed by atoms with E-state index in [2.05, 4.69) is 15.0 Å². The second-order valence-corrected chi connectivity index (χ2v) is 9.34. The van der Waals surface area contributed by atoms with Crippen LogP contribution in [-0.2, 0) is 10.0 Å². The minimum atomic E-state index is -3.69. The molecule has 5 rings (SSSR count). The first-order chi connectivity index (χ1) is 14.5. The molecule has 10 heteroatoms. The molecule has 1 N–H and O–H groups in total. The molecule has 1 aromatic carbocycles. The minimum absolute atomic E-state index is 0.203. The topological polar surface area (TPSA) is 82.2 Å². The van der Waals surface area contributed by atoms with Gasteiger partial charge in [-0.2, -0.15) is 4.31 Å². The van der Waals surface area contributed by atoms with Crippen LogP contribution in [0.25, 0.3) is 21.9 Å². The Morgan fingerprint density at radius 2 is 1.80 bits per heavy atom. The van der Waals surface area contributed by atoms with Gasteiger partial charge in [-0.15, -0.1) is 0 Å². The van der Waals surface area contributed by atoms with E-state index in [9.17, 15) is 8.42 Å². The van der Waals surface area contributed by atoms with Crippen molar-refractivity contribution in [3.8, 4) is 0 Å². The third kappa shape index (κ3) is 3.01. The molecule has 0 atom stereocenters. The number of sulfonamides is 1. The summed E-state index contributed by atoms with van der Waals surface area (Å²) in [6.07, 6.45) is 4.55. The summed E-state index contributed by atoms with van der Waals surface area (Å²) >= 11 is 6.13. The number of rotatable bonds is 3. The normalized spacial score (nSPS) is 15.9. The summed E-state index contributed by atoms with van der Waals surface area (Å²) in [6, 6.07) is 8.46. The van der Waals surface area contributed by atoms with Crippen molar-refractivity contribution >= 4 is 49.2 Å². The average molecular weight is 446 g/mol. The highest BCUT2D eigenvalue weighted by Crippen LogP contribution is 2.31. The van der Waals surface area contributed by atoms with Gasteiger partial charge in [-0.05, 0) is 30.3 Å². The van der Waals surface area contributed by atoms with Crippen LogP contribution in [0.2, 0.25) is 5.02 Å². The molecule has 0 saturated carbocycles. The summed E-state index contributed by atoms with van der Waals surface area (Å²) in [6.45, 7) is 1.22. The summed E-state index contributed by atoms with van der Waals surface area (Å²) < 4.78 is 42.8. The van der Waals surface area contributed by atoms with Gasteiger partial charge < -0.3 is 9.88 Å². The minimum Gasteiger partial charge on any atom is -0.366 e. The van der Waals surface area contributed by atoms with E-state index < -0.39 is 15.8 Å². The van der Waals surface area contributed by atoms with E-state index in [1.165, 1.54) is 16.7 Å². The maximum atomic E-state index is 15.1. The van der Waals surface area contributed by atoms with Gasteiger partial charge in [0.25, 0.3) is 0 Å². The average Bonchev–Trinajstić information content (AvgIpc) is 3.20. The Labute approximate surface area is 177 Å². The quantitative estimate of drug-likeness (QED) is 0.522. The van der Waals surface area contributed by atoms with Crippen molar-refractivity contribution in [3.63, 3.8) is 0 Å². The van der Waals surface area contributed by atoms with E-state index in [0.29, 0.717) is 40.2 Å². The molecule has 4 aromatic rings. The van der Waals surface area contributed by atoms with Crippen LogP contribution in [0.4, 0.5) is 10.1 Å². The van der Waals surface area contributed by atoms with Crippen molar-refractivity contribution in [3.05, 3.63) is 59.8 Å². The zero-order valence-electron chi connectivity index (χ0n) is 15.7. The number of nitrogens with one attached hydrogen (secondary N) is 1. The second-order valence-electron chi connectivity index (χ2n) is 7.03. The molecule has 30 heavy (non-hydrogen) atoms. The Kier molecular flexibility index (Phi) is 4.61. The number of aromatic amines is 1. The molecule has 0 spiro atoms. The molecular formula is C20H17ClFN5O2S. The van der Waals surface area contributed by atoms with Gasteiger partial charge in [0.2, 0.25) is 10.0 Å². The van der Waals surface area contributed by atoms with Gasteiger partial charge in [0.15, 0.2) is 5.82 Å². The fraction of sp³-hybridized carbons (Fsp3) is 0.200. The molecule has 154 valence electrons. The molecule has 1 aliphatic rings. The zero-order valence-corrected chi connectivity index (χ0v) is 17.3. The second kappa shape index (κ2) is 7.19. The first-order valence-corrected chi connectivity index (χ1v) is 11.2. The van der Waals surface area contributed by atoms with Crippen molar-refractivity contribution in [2.75, 3.05) is 31.1 Å². The Morgan fingerprint density at radius 3 is 2.60 bits per heavy atom. The third-order valence-electron chi connectivity index (χ3n) is 5.39. The zero-order chi connectivity index (χ0) is 20.9. The fourth-order valence-corrected chi connectivity index (χ4v) is 5.62.